The fourth-order valence-electron chi connectivity index (χ4n) is 10.4. The van der Waals surface area contributed by atoms with Crippen molar-refractivity contribution < 1.29 is 37.4 Å². The number of aryl methyl sites for hydroxylation is 2. The number of benzene rings is 6. The first kappa shape index (κ1) is 46.2. The van der Waals surface area contributed by atoms with E-state index in [1.54, 1.807) is 36.4 Å². The van der Waals surface area contributed by atoms with E-state index in [0.717, 1.165) is 47.9 Å². The molecule has 10 rings (SSSR count). The van der Waals surface area contributed by atoms with Crippen molar-refractivity contribution >= 4 is 23.4 Å². The van der Waals surface area contributed by atoms with Crippen molar-refractivity contribution in [3.63, 3.8) is 0 Å². The van der Waals surface area contributed by atoms with Gasteiger partial charge in [-0.15, -0.1) is 0 Å². The Morgan fingerprint density at radius 3 is 1.15 bits per heavy atom. The van der Waals surface area contributed by atoms with Crippen LogP contribution in [-0.4, -0.2) is 72.6 Å². The monoisotopic (exact) mass is 914 g/mol. The van der Waals surface area contributed by atoms with Crippen molar-refractivity contribution in [2.45, 2.75) is 64.2 Å². The van der Waals surface area contributed by atoms with Crippen LogP contribution in [0, 0.1) is 37.3 Å². The van der Waals surface area contributed by atoms with E-state index in [-0.39, 0.29) is 60.1 Å². The van der Waals surface area contributed by atoms with E-state index in [4.69, 9.17) is 9.47 Å². The van der Waals surface area contributed by atoms with Gasteiger partial charge in [0.1, 0.15) is 36.3 Å². The van der Waals surface area contributed by atoms with E-state index in [9.17, 15) is 28.0 Å². The molecule has 0 radical (unpaired) electrons. The molecule has 348 valence electrons. The largest absolute Gasteiger partial charge is 0.486 e. The van der Waals surface area contributed by atoms with Gasteiger partial charge < -0.3 is 19.3 Å². The van der Waals surface area contributed by atoms with Crippen molar-refractivity contribution in [3.05, 3.63) is 201 Å². The Labute approximate surface area is 396 Å². The molecule has 2 saturated heterocycles. The molecule has 4 heterocycles. The van der Waals surface area contributed by atoms with Gasteiger partial charge >= 0.3 is 0 Å². The highest BCUT2D eigenvalue weighted by molar-refractivity contribution is 5.96. The maximum absolute atomic E-state index is 13.6. The van der Waals surface area contributed by atoms with Gasteiger partial charge in [-0.25, -0.2) is 8.78 Å². The predicted octanol–water partition coefficient (Wildman–Crippen LogP) is 10.6. The van der Waals surface area contributed by atoms with Gasteiger partial charge in [-0.3, -0.25) is 19.2 Å². The Balaban J connectivity index is 0.000000170. The van der Waals surface area contributed by atoms with Crippen LogP contribution in [0.3, 0.4) is 0 Å². The Morgan fingerprint density at radius 2 is 0.809 bits per heavy atom. The number of Topliss-reactive ketones (excluding diaryl/α,β-unsaturated/α-hetero) is 2. The number of amides is 2. The molecule has 0 aromatic heterocycles. The summed E-state index contributed by atoms with van der Waals surface area (Å²) in [5.41, 5.74) is 9.85. The number of rotatable bonds is 8. The second kappa shape index (κ2) is 20.5. The lowest BCUT2D eigenvalue weighted by Crippen LogP contribution is -2.40. The van der Waals surface area contributed by atoms with E-state index in [2.05, 4.69) is 62.4 Å². The molecule has 4 aliphatic rings. The summed E-state index contributed by atoms with van der Waals surface area (Å²) in [6.45, 7) is 7.01. The van der Waals surface area contributed by atoms with E-state index in [1.165, 1.54) is 46.5 Å². The molecule has 2 amide bonds. The zero-order valence-electron chi connectivity index (χ0n) is 38.6. The summed E-state index contributed by atoms with van der Waals surface area (Å²) in [6.07, 6.45) is 4.10. The van der Waals surface area contributed by atoms with E-state index < -0.39 is 0 Å². The fourth-order valence-corrected chi connectivity index (χ4v) is 10.4. The number of ketones is 2. The van der Waals surface area contributed by atoms with Crippen LogP contribution < -0.4 is 9.47 Å². The smallest absolute Gasteiger partial charge is 0.253 e. The number of hydrogen-bond acceptors (Lipinski definition) is 6. The molecule has 0 unspecified atom stereocenters. The standard InChI is InChI=1S/2C29H28FNO3/c2*1-19-2-4-20(5-3-19)28(21-6-9-25(30)10-7-21)22-12-14-31(15-13-22)29(33)23-8-11-27-24(16-23)17-26(32)18-34-27/h2*2-11,16,22,28H,12-15,17-18H2,1H3/t2*28-/m10/s1. The van der Waals surface area contributed by atoms with Crippen LogP contribution in [0.2, 0.25) is 0 Å². The molecule has 4 aliphatic heterocycles. The number of likely N-dealkylation sites (tertiary alicyclic amines) is 2. The minimum atomic E-state index is -0.232. The van der Waals surface area contributed by atoms with Crippen LogP contribution in [0.1, 0.15) is 103 Å². The number of carbonyl (C=O) groups excluding carboxylic acids is 4. The lowest BCUT2D eigenvalue weighted by molar-refractivity contribution is -0.122. The quantitative estimate of drug-likeness (QED) is 0.151. The zero-order valence-corrected chi connectivity index (χ0v) is 38.6. The molecular formula is C58H56F2N2O6. The minimum Gasteiger partial charge on any atom is -0.486 e. The molecule has 0 bridgehead atoms. The van der Waals surface area contributed by atoms with E-state index >= 15 is 0 Å². The normalized spacial score (nSPS) is 17.1. The van der Waals surface area contributed by atoms with Gasteiger partial charge in [0.05, 0.1) is 0 Å². The molecule has 0 saturated carbocycles. The number of fused-ring (bicyclic) bond motifs is 2. The molecule has 2 atom stereocenters. The first-order chi connectivity index (χ1) is 32.9. The van der Waals surface area contributed by atoms with Crippen LogP contribution in [0.25, 0.3) is 0 Å². The Morgan fingerprint density at radius 1 is 0.485 bits per heavy atom. The number of nitrogens with zero attached hydrogens (tertiary/aromatic N) is 2. The number of hydrogen-bond donors (Lipinski definition) is 0. The van der Waals surface area contributed by atoms with Crippen LogP contribution in [0.15, 0.2) is 133 Å². The summed E-state index contributed by atoms with van der Waals surface area (Å²) >= 11 is 0. The topological polar surface area (TPSA) is 93.2 Å². The second-order valence-corrected chi connectivity index (χ2v) is 18.8. The van der Waals surface area contributed by atoms with E-state index in [0.29, 0.717) is 73.5 Å². The lowest BCUT2D eigenvalue weighted by Gasteiger charge is -2.37. The molecule has 6 aromatic rings. The zero-order chi connectivity index (χ0) is 47.3. The van der Waals surface area contributed by atoms with E-state index in [1.807, 2.05) is 34.1 Å². The third kappa shape index (κ3) is 10.6. The molecule has 10 heteroatoms. The number of ether oxygens (including phenoxy) is 2. The van der Waals surface area contributed by atoms with Crippen LogP contribution >= 0.6 is 0 Å². The molecule has 6 aromatic carbocycles. The van der Waals surface area contributed by atoms with Gasteiger partial charge in [-0.05, 0) is 134 Å². The molecule has 2 fully saturated rings. The number of halogens is 2. The Kier molecular flexibility index (Phi) is 13.9. The molecular weight excluding hydrogens is 859 g/mol. The van der Waals surface area contributed by atoms with Crippen molar-refractivity contribution in [2.24, 2.45) is 11.8 Å². The highest BCUT2D eigenvalue weighted by atomic mass is 19.1. The van der Waals surface area contributed by atoms with Crippen LogP contribution in [0.5, 0.6) is 11.5 Å². The first-order valence-electron chi connectivity index (χ1n) is 23.7. The van der Waals surface area contributed by atoms with Crippen LogP contribution in [-0.2, 0) is 22.4 Å². The van der Waals surface area contributed by atoms with Crippen molar-refractivity contribution in [1.29, 1.82) is 0 Å². The average molecular weight is 915 g/mol. The molecule has 0 aliphatic carbocycles. The second-order valence-electron chi connectivity index (χ2n) is 18.8. The van der Waals surface area contributed by atoms with Gasteiger partial charge in [0.15, 0.2) is 11.6 Å². The maximum Gasteiger partial charge on any atom is 0.253 e. The van der Waals surface area contributed by atoms with Gasteiger partial charge in [0.25, 0.3) is 11.8 Å². The highest BCUT2D eigenvalue weighted by Crippen LogP contribution is 2.40. The molecule has 0 spiro atoms. The fraction of sp³-hybridized carbons (Fsp3) is 0.310. The molecule has 0 N–H and O–H groups in total. The summed E-state index contributed by atoms with van der Waals surface area (Å²) in [7, 11) is 0. The third-order valence-corrected chi connectivity index (χ3v) is 14.1. The molecule has 68 heavy (non-hydrogen) atoms. The first-order valence-corrected chi connectivity index (χ1v) is 23.7. The Hall–Kier alpha value is -6.94. The van der Waals surface area contributed by atoms with Gasteiger partial charge in [-0.2, -0.15) is 0 Å². The van der Waals surface area contributed by atoms with Crippen LogP contribution in [0.4, 0.5) is 8.78 Å². The SMILES string of the molecule is Cc1ccc([C@@H](c2ccc(F)cc2)C2CCN(C(=O)c3ccc4c(c3)CC(=O)CO4)CC2)cc1.Cc1ccc([C@H](c2ccc(F)cc2)C2CCN(C(=O)c3ccc4c(c3)CC(=O)CO4)CC2)cc1. The average Bonchev–Trinajstić information content (AvgIpc) is 3.36. The molecule has 8 nitrogen and oxygen atoms in total. The summed E-state index contributed by atoms with van der Waals surface area (Å²) in [5.74, 6) is 1.98. The minimum absolute atomic E-state index is 0.00654. The third-order valence-electron chi connectivity index (χ3n) is 14.1. The van der Waals surface area contributed by atoms with Gasteiger partial charge in [0.2, 0.25) is 0 Å². The van der Waals surface area contributed by atoms with Gasteiger partial charge in [-0.1, -0.05) is 83.9 Å². The van der Waals surface area contributed by atoms with Crippen molar-refractivity contribution in [1.82, 2.24) is 9.80 Å². The van der Waals surface area contributed by atoms with Gasteiger partial charge in [0, 0.05) is 73.1 Å². The Bertz CT molecular complexity index is 2490. The highest BCUT2D eigenvalue weighted by Gasteiger charge is 2.33. The summed E-state index contributed by atoms with van der Waals surface area (Å²) in [4.78, 5) is 53.7. The number of piperidine rings is 2. The predicted molar refractivity (Wildman–Crippen MR) is 257 cm³/mol. The van der Waals surface area contributed by atoms with Crippen molar-refractivity contribution in [2.75, 3.05) is 39.4 Å². The van der Waals surface area contributed by atoms with Crippen molar-refractivity contribution in [3.8, 4) is 11.5 Å². The number of carbonyl (C=O) groups is 4. The lowest BCUT2D eigenvalue weighted by atomic mass is 9.76. The summed E-state index contributed by atoms with van der Waals surface area (Å²) in [5, 5.41) is 0. The summed E-state index contributed by atoms with van der Waals surface area (Å²) in [6, 6.07) is 41.5. The maximum atomic E-state index is 13.6. The summed E-state index contributed by atoms with van der Waals surface area (Å²) < 4.78 is 38.1.